The summed E-state index contributed by atoms with van der Waals surface area (Å²) in [6.45, 7) is 9.33. The van der Waals surface area contributed by atoms with E-state index in [9.17, 15) is 4.79 Å². The van der Waals surface area contributed by atoms with E-state index in [2.05, 4.69) is 28.7 Å². The average molecular weight is 412 g/mol. The zero-order valence-corrected chi connectivity index (χ0v) is 18.4. The van der Waals surface area contributed by atoms with Crippen LogP contribution < -0.4 is 4.90 Å². The fourth-order valence-corrected chi connectivity index (χ4v) is 4.18. The van der Waals surface area contributed by atoms with Gasteiger partial charge in [-0.15, -0.1) is 0 Å². The van der Waals surface area contributed by atoms with Gasteiger partial charge in [0, 0.05) is 31.2 Å². The maximum absolute atomic E-state index is 13.2. The fraction of sp³-hybridized carbons (Fsp3) is 0.652. The number of oxazole rings is 1. The number of carbonyl (C=O) groups excluding carboxylic acids is 1. The number of rotatable bonds is 7. The van der Waals surface area contributed by atoms with Crippen LogP contribution in [0.2, 0.25) is 0 Å². The molecule has 162 valence electrons. The SMILES string of the molecule is Cc1cc(CN(CC(C)C)C(=O)c2coc(C3CCC3)n2)nc(N2CCCCC2)n1. The summed E-state index contributed by atoms with van der Waals surface area (Å²) in [5.74, 6) is 2.13. The molecule has 1 aliphatic heterocycles. The zero-order chi connectivity index (χ0) is 21.1. The Balaban J connectivity index is 1.53. The van der Waals surface area contributed by atoms with E-state index < -0.39 is 0 Å². The Bertz CT molecular complexity index is 868. The first-order valence-electron chi connectivity index (χ1n) is 11.3. The lowest BCUT2D eigenvalue weighted by atomic mass is 9.85. The lowest BCUT2D eigenvalue weighted by molar-refractivity contribution is 0.0714. The van der Waals surface area contributed by atoms with Gasteiger partial charge in [0.2, 0.25) is 5.95 Å². The first-order chi connectivity index (χ1) is 14.5. The molecule has 2 aromatic heterocycles. The van der Waals surface area contributed by atoms with Crippen molar-refractivity contribution in [2.75, 3.05) is 24.5 Å². The summed E-state index contributed by atoms with van der Waals surface area (Å²) in [6, 6.07) is 1.98. The Morgan fingerprint density at radius 1 is 1.17 bits per heavy atom. The highest BCUT2D eigenvalue weighted by atomic mass is 16.3. The second kappa shape index (κ2) is 9.14. The number of amides is 1. The van der Waals surface area contributed by atoms with E-state index in [1.54, 1.807) is 0 Å². The van der Waals surface area contributed by atoms with Gasteiger partial charge in [-0.3, -0.25) is 4.79 Å². The minimum atomic E-state index is -0.0891. The third kappa shape index (κ3) is 4.82. The van der Waals surface area contributed by atoms with Gasteiger partial charge in [0.1, 0.15) is 6.26 Å². The highest BCUT2D eigenvalue weighted by molar-refractivity contribution is 5.92. The van der Waals surface area contributed by atoms with Gasteiger partial charge in [0.05, 0.1) is 12.2 Å². The quantitative estimate of drug-likeness (QED) is 0.675. The van der Waals surface area contributed by atoms with Crippen LogP contribution in [0.1, 0.15) is 86.1 Å². The lowest BCUT2D eigenvalue weighted by Gasteiger charge is -2.28. The van der Waals surface area contributed by atoms with E-state index in [1.807, 2.05) is 17.9 Å². The first-order valence-corrected chi connectivity index (χ1v) is 11.3. The molecule has 2 aromatic rings. The Morgan fingerprint density at radius 3 is 2.60 bits per heavy atom. The van der Waals surface area contributed by atoms with Crippen molar-refractivity contribution in [3.05, 3.63) is 35.3 Å². The van der Waals surface area contributed by atoms with E-state index in [-0.39, 0.29) is 5.91 Å². The van der Waals surface area contributed by atoms with Crippen molar-refractivity contribution >= 4 is 11.9 Å². The molecule has 4 rings (SSSR count). The maximum atomic E-state index is 13.2. The van der Waals surface area contributed by atoms with Crippen molar-refractivity contribution in [1.29, 1.82) is 0 Å². The largest absolute Gasteiger partial charge is 0.448 e. The average Bonchev–Trinajstić information content (AvgIpc) is 3.15. The number of anilines is 1. The topological polar surface area (TPSA) is 75.4 Å². The number of nitrogens with zero attached hydrogens (tertiary/aromatic N) is 5. The maximum Gasteiger partial charge on any atom is 0.276 e. The molecule has 0 radical (unpaired) electrons. The van der Waals surface area contributed by atoms with Crippen molar-refractivity contribution in [3.8, 4) is 0 Å². The number of aryl methyl sites for hydroxylation is 1. The summed E-state index contributed by atoms with van der Waals surface area (Å²) in [6.07, 6.45) is 8.56. The standard InChI is InChI=1S/C23H33N5O2/c1-16(2)13-28(22(29)20-15-30-21(26-20)18-8-7-9-18)14-19-12-17(3)24-23(25-19)27-10-5-4-6-11-27/h12,15-16,18H,4-11,13-14H2,1-3H3. The molecule has 1 amide bonds. The molecule has 0 N–H and O–H groups in total. The summed E-state index contributed by atoms with van der Waals surface area (Å²) in [5.41, 5.74) is 2.21. The van der Waals surface area contributed by atoms with Gasteiger partial charge < -0.3 is 14.2 Å². The van der Waals surface area contributed by atoms with Gasteiger partial charge in [-0.25, -0.2) is 15.0 Å². The third-order valence-electron chi connectivity index (χ3n) is 5.96. The normalized spacial score (nSPS) is 17.3. The molecule has 0 spiro atoms. The van der Waals surface area contributed by atoms with Crippen LogP contribution in [0.3, 0.4) is 0 Å². The number of hydrogen-bond acceptors (Lipinski definition) is 6. The molecule has 2 aliphatic rings. The van der Waals surface area contributed by atoms with Crippen LogP contribution in [-0.4, -0.2) is 45.4 Å². The summed E-state index contributed by atoms with van der Waals surface area (Å²) in [4.78, 5) is 31.3. The molecule has 1 saturated heterocycles. The molecule has 0 unspecified atom stereocenters. The summed E-state index contributed by atoms with van der Waals surface area (Å²) < 4.78 is 5.62. The number of carbonyl (C=O) groups is 1. The Labute approximate surface area is 178 Å². The van der Waals surface area contributed by atoms with Crippen LogP contribution in [0.25, 0.3) is 0 Å². The number of aromatic nitrogens is 3. The van der Waals surface area contributed by atoms with Crippen LogP contribution in [-0.2, 0) is 6.54 Å². The van der Waals surface area contributed by atoms with Crippen molar-refractivity contribution in [2.24, 2.45) is 5.92 Å². The summed E-state index contributed by atoms with van der Waals surface area (Å²) in [5, 5.41) is 0. The zero-order valence-electron chi connectivity index (χ0n) is 18.4. The number of hydrogen-bond donors (Lipinski definition) is 0. The Morgan fingerprint density at radius 2 is 1.93 bits per heavy atom. The van der Waals surface area contributed by atoms with Crippen molar-refractivity contribution in [3.63, 3.8) is 0 Å². The molecule has 7 nitrogen and oxygen atoms in total. The lowest BCUT2D eigenvalue weighted by Crippen LogP contribution is -2.35. The van der Waals surface area contributed by atoms with Gasteiger partial charge >= 0.3 is 0 Å². The van der Waals surface area contributed by atoms with Crippen LogP contribution in [0.4, 0.5) is 5.95 Å². The second-order valence-corrected chi connectivity index (χ2v) is 9.13. The van der Waals surface area contributed by atoms with Crippen LogP contribution in [0.5, 0.6) is 0 Å². The van der Waals surface area contributed by atoms with Crippen LogP contribution >= 0.6 is 0 Å². The molecule has 3 heterocycles. The minimum Gasteiger partial charge on any atom is -0.448 e. The highest BCUT2D eigenvalue weighted by Crippen LogP contribution is 2.35. The molecule has 0 bridgehead atoms. The summed E-state index contributed by atoms with van der Waals surface area (Å²) in [7, 11) is 0. The molecule has 0 aromatic carbocycles. The van der Waals surface area contributed by atoms with Gasteiger partial charge in [0.15, 0.2) is 11.6 Å². The van der Waals surface area contributed by atoms with E-state index in [0.29, 0.717) is 36.5 Å². The molecular weight excluding hydrogens is 378 g/mol. The van der Waals surface area contributed by atoms with Crippen molar-refractivity contribution in [2.45, 2.75) is 71.8 Å². The van der Waals surface area contributed by atoms with E-state index in [0.717, 1.165) is 43.3 Å². The van der Waals surface area contributed by atoms with Crippen molar-refractivity contribution < 1.29 is 9.21 Å². The number of piperidine rings is 1. The molecule has 0 atom stereocenters. The molecule has 1 aliphatic carbocycles. The molecule has 2 fully saturated rings. The smallest absolute Gasteiger partial charge is 0.276 e. The van der Waals surface area contributed by atoms with Crippen LogP contribution in [0, 0.1) is 12.8 Å². The van der Waals surface area contributed by atoms with Gasteiger partial charge in [-0.05, 0) is 51.0 Å². The molecule has 1 saturated carbocycles. The van der Waals surface area contributed by atoms with E-state index >= 15 is 0 Å². The third-order valence-corrected chi connectivity index (χ3v) is 5.96. The van der Waals surface area contributed by atoms with E-state index in [4.69, 9.17) is 9.40 Å². The predicted molar refractivity (Wildman–Crippen MR) is 116 cm³/mol. The molecular formula is C23H33N5O2. The minimum absolute atomic E-state index is 0.0891. The fourth-order valence-electron chi connectivity index (χ4n) is 4.18. The molecule has 30 heavy (non-hydrogen) atoms. The highest BCUT2D eigenvalue weighted by Gasteiger charge is 2.27. The van der Waals surface area contributed by atoms with Gasteiger partial charge in [0.25, 0.3) is 5.91 Å². The summed E-state index contributed by atoms with van der Waals surface area (Å²) >= 11 is 0. The van der Waals surface area contributed by atoms with Crippen molar-refractivity contribution in [1.82, 2.24) is 19.9 Å². The Kier molecular flexibility index (Phi) is 6.35. The molecule has 7 heteroatoms. The van der Waals surface area contributed by atoms with Gasteiger partial charge in [-0.1, -0.05) is 20.3 Å². The predicted octanol–water partition coefficient (Wildman–Crippen LogP) is 4.33. The van der Waals surface area contributed by atoms with E-state index in [1.165, 1.54) is 31.9 Å². The Hall–Kier alpha value is -2.44. The van der Waals surface area contributed by atoms with Crippen LogP contribution in [0.15, 0.2) is 16.7 Å². The second-order valence-electron chi connectivity index (χ2n) is 9.13. The first kappa shape index (κ1) is 20.8. The van der Waals surface area contributed by atoms with Gasteiger partial charge in [-0.2, -0.15) is 0 Å². The monoisotopic (exact) mass is 411 g/mol.